The summed E-state index contributed by atoms with van der Waals surface area (Å²) >= 11 is 0. The Labute approximate surface area is 197 Å². The molecule has 0 aromatic carbocycles. The topological polar surface area (TPSA) is 133 Å². The number of carbonyl (C=O) groups is 2. The minimum absolute atomic E-state index is 0.201. The second kappa shape index (κ2) is 9.05. The van der Waals surface area contributed by atoms with E-state index in [2.05, 4.69) is 27.4 Å². The maximum Gasteiger partial charge on any atom is 0.314 e. The lowest BCUT2D eigenvalue weighted by Gasteiger charge is -2.38. The predicted molar refractivity (Wildman–Crippen MR) is 125 cm³/mol. The second-order valence-corrected chi connectivity index (χ2v) is 9.22. The first kappa shape index (κ1) is 22.3. The van der Waals surface area contributed by atoms with Gasteiger partial charge in [-0.15, -0.1) is 0 Å². The molecule has 0 aliphatic carbocycles. The monoisotopic (exact) mass is 466 g/mol. The SMILES string of the molecule is C[C@@H]1CC[C@H](c2ccnn2C)N(C(=O)C(=O)Nc2cnc(N)c3cnn(C4CCCCO4)c23)C1. The Hall–Kier alpha value is -3.47. The van der Waals surface area contributed by atoms with Gasteiger partial charge < -0.3 is 20.7 Å². The van der Waals surface area contributed by atoms with E-state index in [1.807, 2.05) is 13.1 Å². The lowest BCUT2D eigenvalue weighted by Crippen LogP contribution is -2.47. The molecule has 1 unspecified atom stereocenters. The largest absolute Gasteiger partial charge is 0.383 e. The lowest BCUT2D eigenvalue weighted by molar-refractivity contribution is -0.146. The highest BCUT2D eigenvalue weighted by molar-refractivity contribution is 6.40. The number of hydrogen-bond acceptors (Lipinski definition) is 7. The van der Waals surface area contributed by atoms with Gasteiger partial charge in [-0.1, -0.05) is 6.92 Å². The minimum Gasteiger partial charge on any atom is -0.383 e. The molecule has 0 spiro atoms. The van der Waals surface area contributed by atoms with Crippen molar-refractivity contribution in [3.8, 4) is 0 Å². The second-order valence-electron chi connectivity index (χ2n) is 9.22. The van der Waals surface area contributed by atoms with E-state index in [1.165, 1.54) is 6.20 Å². The van der Waals surface area contributed by atoms with E-state index in [0.717, 1.165) is 37.8 Å². The summed E-state index contributed by atoms with van der Waals surface area (Å²) in [6.45, 7) is 3.24. The highest BCUT2D eigenvalue weighted by Crippen LogP contribution is 2.34. The summed E-state index contributed by atoms with van der Waals surface area (Å²) in [4.78, 5) is 32.5. The predicted octanol–water partition coefficient (Wildman–Crippen LogP) is 2.38. The summed E-state index contributed by atoms with van der Waals surface area (Å²) in [6.07, 6.45) is 9.14. The summed E-state index contributed by atoms with van der Waals surface area (Å²) < 4.78 is 9.38. The molecule has 5 rings (SSSR count). The molecule has 0 saturated carbocycles. The molecule has 0 radical (unpaired) electrons. The molecule has 3 N–H and O–H groups in total. The molecule has 3 aromatic heterocycles. The third-order valence-electron chi connectivity index (χ3n) is 6.81. The zero-order valence-electron chi connectivity index (χ0n) is 19.5. The summed E-state index contributed by atoms with van der Waals surface area (Å²) in [5, 5.41) is 12.1. The number of nitrogens with one attached hydrogen (secondary N) is 1. The van der Waals surface area contributed by atoms with Crippen LogP contribution in [0.5, 0.6) is 0 Å². The van der Waals surface area contributed by atoms with Crippen LogP contribution in [0.15, 0.2) is 24.7 Å². The van der Waals surface area contributed by atoms with Crippen LogP contribution in [0.4, 0.5) is 11.5 Å². The van der Waals surface area contributed by atoms with Crippen molar-refractivity contribution < 1.29 is 14.3 Å². The summed E-state index contributed by atoms with van der Waals surface area (Å²) in [5.74, 6) is -0.687. The first-order valence-electron chi connectivity index (χ1n) is 11.8. The molecular formula is C23H30N8O3. The number of carbonyl (C=O) groups excluding carboxylic acids is 2. The maximum atomic E-state index is 13.4. The van der Waals surface area contributed by atoms with E-state index in [0.29, 0.717) is 41.5 Å². The number of pyridine rings is 1. The molecule has 11 nitrogen and oxygen atoms in total. The molecule has 3 atom stereocenters. The zero-order chi connectivity index (χ0) is 23.8. The van der Waals surface area contributed by atoms with Gasteiger partial charge in [-0.05, 0) is 44.1 Å². The highest BCUT2D eigenvalue weighted by Gasteiger charge is 2.36. The Kier molecular flexibility index (Phi) is 5.94. The Balaban J connectivity index is 1.43. The van der Waals surface area contributed by atoms with E-state index in [1.54, 1.807) is 26.7 Å². The number of nitrogens with two attached hydrogens (primary N) is 1. The molecule has 2 fully saturated rings. The molecule has 11 heteroatoms. The number of fused-ring (bicyclic) bond motifs is 1. The number of hydrogen-bond donors (Lipinski definition) is 2. The third kappa shape index (κ3) is 4.00. The fourth-order valence-corrected chi connectivity index (χ4v) is 5.01. The normalized spacial score (nSPS) is 23.2. The van der Waals surface area contributed by atoms with Crippen LogP contribution >= 0.6 is 0 Å². The quantitative estimate of drug-likeness (QED) is 0.566. The van der Waals surface area contributed by atoms with Crippen LogP contribution in [0.1, 0.15) is 57.0 Å². The highest BCUT2D eigenvalue weighted by atomic mass is 16.5. The molecule has 3 aromatic rings. The van der Waals surface area contributed by atoms with Crippen molar-refractivity contribution in [1.82, 2.24) is 29.4 Å². The van der Waals surface area contributed by atoms with Crippen molar-refractivity contribution in [3.05, 3.63) is 30.4 Å². The van der Waals surface area contributed by atoms with Crippen LogP contribution in [0, 0.1) is 5.92 Å². The average Bonchev–Trinajstić information content (AvgIpc) is 3.48. The number of likely N-dealkylation sites (tertiary alicyclic amines) is 1. The molecule has 0 bridgehead atoms. The smallest absolute Gasteiger partial charge is 0.314 e. The molecule has 5 heterocycles. The molecule has 2 saturated heterocycles. The van der Waals surface area contributed by atoms with Gasteiger partial charge in [0.1, 0.15) is 11.3 Å². The van der Waals surface area contributed by atoms with Crippen molar-refractivity contribution in [3.63, 3.8) is 0 Å². The minimum atomic E-state index is -0.716. The van der Waals surface area contributed by atoms with Crippen molar-refractivity contribution in [2.75, 3.05) is 24.2 Å². The first-order chi connectivity index (χ1) is 16.4. The Morgan fingerprint density at radius 3 is 2.76 bits per heavy atom. The van der Waals surface area contributed by atoms with Gasteiger partial charge in [-0.3, -0.25) is 14.3 Å². The van der Waals surface area contributed by atoms with E-state index >= 15 is 0 Å². The number of aromatic nitrogens is 5. The Bertz CT molecular complexity index is 1210. The van der Waals surface area contributed by atoms with Gasteiger partial charge in [0.15, 0.2) is 6.23 Å². The maximum absolute atomic E-state index is 13.4. The number of aryl methyl sites for hydroxylation is 1. The van der Waals surface area contributed by atoms with Crippen LogP contribution in [0.25, 0.3) is 10.9 Å². The standard InChI is InChI=1S/C23H30N8O3/c1-14-6-7-18(17-8-9-26-29(17)2)30(13-14)23(33)22(32)28-16-12-25-21(24)15-11-27-31(20(15)16)19-5-3-4-10-34-19/h8-9,11-12,14,18-19H,3-7,10,13H2,1-2H3,(H2,24,25)(H,28,32)/t14-,18-,19?/m1/s1. The van der Waals surface area contributed by atoms with Crippen LogP contribution < -0.4 is 11.1 Å². The molecule has 34 heavy (non-hydrogen) atoms. The van der Waals surface area contributed by atoms with Crippen molar-refractivity contribution in [1.29, 1.82) is 0 Å². The van der Waals surface area contributed by atoms with Gasteiger partial charge >= 0.3 is 11.8 Å². The number of nitrogen functional groups attached to an aromatic ring is 1. The van der Waals surface area contributed by atoms with E-state index in [4.69, 9.17) is 10.5 Å². The summed E-state index contributed by atoms with van der Waals surface area (Å²) in [5.41, 5.74) is 7.98. The number of rotatable bonds is 3. The van der Waals surface area contributed by atoms with Gasteiger partial charge in [0.05, 0.1) is 35.2 Å². The molecule has 2 aliphatic heterocycles. The number of anilines is 2. The Morgan fingerprint density at radius 2 is 2.03 bits per heavy atom. The van der Waals surface area contributed by atoms with Gasteiger partial charge in [0.2, 0.25) is 0 Å². The fraction of sp³-hybridized carbons (Fsp3) is 0.522. The van der Waals surface area contributed by atoms with Crippen molar-refractivity contribution in [2.45, 2.75) is 51.3 Å². The van der Waals surface area contributed by atoms with Gasteiger partial charge in [-0.25, -0.2) is 9.67 Å². The lowest BCUT2D eigenvalue weighted by atomic mass is 9.92. The number of amides is 2. The van der Waals surface area contributed by atoms with E-state index in [9.17, 15) is 9.59 Å². The fourth-order valence-electron chi connectivity index (χ4n) is 5.01. The number of nitrogens with zero attached hydrogens (tertiary/aromatic N) is 6. The van der Waals surface area contributed by atoms with E-state index in [-0.39, 0.29) is 12.3 Å². The van der Waals surface area contributed by atoms with Gasteiger partial charge in [0, 0.05) is 26.4 Å². The van der Waals surface area contributed by atoms with Gasteiger partial charge in [0.25, 0.3) is 0 Å². The van der Waals surface area contributed by atoms with Crippen LogP contribution in [0.2, 0.25) is 0 Å². The van der Waals surface area contributed by atoms with Crippen molar-refractivity contribution in [2.24, 2.45) is 13.0 Å². The van der Waals surface area contributed by atoms with E-state index < -0.39 is 11.8 Å². The average molecular weight is 467 g/mol. The van der Waals surface area contributed by atoms with Gasteiger partial charge in [-0.2, -0.15) is 10.2 Å². The summed E-state index contributed by atoms with van der Waals surface area (Å²) in [6, 6.07) is 1.70. The first-order valence-corrected chi connectivity index (χ1v) is 11.8. The van der Waals surface area contributed by atoms with Crippen LogP contribution in [0.3, 0.4) is 0 Å². The molecule has 180 valence electrons. The van der Waals surface area contributed by atoms with Crippen LogP contribution in [-0.4, -0.2) is 54.4 Å². The third-order valence-corrected chi connectivity index (χ3v) is 6.81. The molecule has 2 amide bonds. The molecular weight excluding hydrogens is 436 g/mol. The molecule has 2 aliphatic rings. The number of piperidine rings is 1. The number of ether oxygens (including phenoxy) is 1. The van der Waals surface area contributed by atoms with Crippen LogP contribution in [-0.2, 0) is 21.4 Å². The van der Waals surface area contributed by atoms with Crippen molar-refractivity contribution >= 4 is 34.2 Å². The summed E-state index contributed by atoms with van der Waals surface area (Å²) in [7, 11) is 1.85. The zero-order valence-corrected chi connectivity index (χ0v) is 19.5. The Morgan fingerprint density at radius 1 is 1.18 bits per heavy atom.